The molecule has 33 heavy (non-hydrogen) atoms. The van der Waals surface area contributed by atoms with E-state index >= 15 is 0 Å². The minimum Gasteiger partial charge on any atom is -0.289 e. The molecule has 0 unspecified atom stereocenters. The summed E-state index contributed by atoms with van der Waals surface area (Å²) in [7, 11) is 0. The molecule has 0 N–H and O–H groups in total. The SMILES string of the molecule is O=C(/C=C/c1c(-c2ccc(Cl)cc2)nn(-c2ccccc2)c1C(F)(F)F)c1ccc(Cl)cc1. The molecule has 0 atom stereocenters. The highest BCUT2D eigenvalue weighted by atomic mass is 35.5. The first kappa shape index (κ1) is 22.8. The van der Waals surface area contributed by atoms with Crippen molar-refractivity contribution in [2.45, 2.75) is 6.18 Å². The van der Waals surface area contributed by atoms with Crippen LogP contribution in [0, 0.1) is 0 Å². The van der Waals surface area contributed by atoms with E-state index in [2.05, 4.69) is 5.10 Å². The first-order valence-electron chi connectivity index (χ1n) is 9.73. The molecular weight excluding hydrogens is 472 g/mol. The van der Waals surface area contributed by atoms with Gasteiger partial charge in [0.05, 0.1) is 5.69 Å². The Morgan fingerprint density at radius 3 is 2.00 bits per heavy atom. The molecule has 3 aromatic carbocycles. The number of allylic oxidation sites excluding steroid dienone is 1. The van der Waals surface area contributed by atoms with E-state index in [-0.39, 0.29) is 16.9 Å². The van der Waals surface area contributed by atoms with Gasteiger partial charge in [-0.25, -0.2) is 4.68 Å². The van der Waals surface area contributed by atoms with Crippen LogP contribution in [0.2, 0.25) is 10.0 Å². The quantitative estimate of drug-likeness (QED) is 0.213. The molecule has 0 fully saturated rings. The summed E-state index contributed by atoms with van der Waals surface area (Å²) >= 11 is 11.8. The first-order chi connectivity index (χ1) is 15.7. The van der Waals surface area contributed by atoms with Crippen molar-refractivity contribution < 1.29 is 18.0 Å². The summed E-state index contributed by atoms with van der Waals surface area (Å²) in [4.78, 5) is 12.6. The Balaban J connectivity index is 1.90. The highest BCUT2D eigenvalue weighted by molar-refractivity contribution is 6.31. The number of carbonyl (C=O) groups excluding carboxylic acids is 1. The zero-order chi connectivity index (χ0) is 23.6. The van der Waals surface area contributed by atoms with Crippen molar-refractivity contribution in [2.24, 2.45) is 0 Å². The number of benzene rings is 3. The number of rotatable bonds is 5. The number of ketones is 1. The number of aromatic nitrogens is 2. The second-order valence-corrected chi connectivity index (χ2v) is 7.94. The van der Waals surface area contributed by atoms with Gasteiger partial charge in [0.15, 0.2) is 11.5 Å². The van der Waals surface area contributed by atoms with Crippen molar-refractivity contribution in [3.63, 3.8) is 0 Å². The molecule has 0 saturated heterocycles. The lowest BCUT2D eigenvalue weighted by atomic mass is 10.0. The molecule has 166 valence electrons. The molecule has 1 heterocycles. The standard InChI is InChI=1S/C25H15Cl2F3N2O/c26-18-10-6-16(7-11-18)22(33)15-14-21-23(17-8-12-19(27)13-9-17)31-32(24(21)25(28,29)30)20-4-2-1-3-5-20/h1-15H/b15-14+. The van der Waals surface area contributed by atoms with Crippen LogP contribution in [0.3, 0.4) is 0 Å². The molecule has 0 amide bonds. The number of hydrogen-bond acceptors (Lipinski definition) is 2. The molecule has 8 heteroatoms. The Morgan fingerprint density at radius 2 is 1.42 bits per heavy atom. The number of hydrogen-bond donors (Lipinski definition) is 0. The van der Waals surface area contributed by atoms with E-state index in [9.17, 15) is 18.0 Å². The molecule has 4 rings (SSSR count). The van der Waals surface area contributed by atoms with Gasteiger partial charge in [0.2, 0.25) is 0 Å². The summed E-state index contributed by atoms with van der Waals surface area (Å²) in [5.41, 5.74) is -0.174. The Bertz CT molecular complexity index is 1310. The van der Waals surface area contributed by atoms with Crippen LogP contribution >= 0.6 is 23.2 Å². The third kappa shape index (κ3) is 5.02. The number of para-hydroxylation sites is 1. The number of nitrogens with zero attached hydrogens (tertiary/aromatic N) is 2. The van der Waals surface area contributed by atoms with Crippen LogP contribution in [-0.4, -0.2) is 15.6 Å². The Morgan fingerprint density at radius 1 is 0.848 bits per heavy atom. The predicted molar refractivity (Wildman–Crippen MR) is 124 cm³/mol. The second kappa shape index (κ2) is 9.25. The van der Waals surface area contributed by atoms with Gasteiger partial charge < -0.3 is 0 Å². The maximum Gasteiger partial charge on any atom is 0.434 e. The van der Waals surface area contributed by atoms with Gasteiger partial charge in [-0.05, 0) is 60.7 Å². The first-order valence-corrected chi connectivity index (χ1v) is 10.5. The van der Waals surface area contributed by atoms with E-state index in [1.54, 1.807) is 42.5 Å². The van der Waals surface area contributed by atoms with Crippen LogP contribution < -0.4 is 0 Å². The average molecular weight is 487 g/mol. The lowest BCUT2D eigenvalue weighted by Crippen LogP contribution is -2.14. The zero-order valence-corrected chi connectivity index (χ0v) is 18.4. The van der Waals surface area contributed by atoms with Gasteiger partial charge in [0, 0.05) is 26.7 Å². The summed E-state index contributed by atoms with van der Waals surface area (Å²) in [5.74, 6) is -0.464. The van der Waals surface area contributed by atoms with Crippen LogP contribution in [-0.2, 0) is 6.18 Å². The Labute approximate surface area is 197 Å². The van der Waals surface area contributed by atoms with Crippen LogP contribution in [0.15, 0.2) is 84.9 Å². The molecule has 3 nitrogen and oxygen atoms in total. The third-order valence-corrected chi connectivity index (χ3v) is 5.34. The van der Waals surface area contributed by atoms with Crippen LogP contribution in [0.5, 0.6) is 0 Å². The fourth-order valence-corrected chi connectivity index (χ4v) is 3.56. The van der Waals surface area contributed by atoms with E-state index in [1.807, 2.05) is 0 Å². The Kier molecular flexibility index (Phi) is 6.40. The molecule has 0 aliphatic carbocycles. The van der Waals surface area contributed by atoms with Gasteiger partial charge in [-0.2, -0.15) is 18.3 Å². The summed E-state index contributed by atoms with van der Waals surface area (Å²) < 4.78 is 43.6. The van der Waals surface area contributed by atoms with Gasteiger partial charge in [-0.1, -0.05) is 53.5 Å². The lowest BCUT2D eigenvalue weighted by Gasteiger charge is -2.11. The normalized spacial score (nSPS) is 11.8. The van der Waals surface area contributed by atoms with Gasteiger partial charge >= 0.3 is 6.18 Å². The highest BCUT2D eigenvalue weighted by Crippen LogP contribution is 2.39. The molecule has 0 radical (unpaired) electrons. The maximum absolute atomic E-state index is 14.3. The molecule has 0 aliphatic rings. The van der Waals surface area contributed by atoms with Crippen LogP contribution in [0.4, 0.5) is 13.2 Å². The van der Waals surface area contributed by atoms with Crippen LogP contribution in [0.25, 0.3) is 23.0 Å². The van der Waals surface area contributed by atoms with Gasteiger partial charge in [-0.15, -0.1) is 0 Å². The largest absolute Gasteiger partial charge is 0.434 e. The van der Waals surface area contributed by atoms with Gasteiger partial charge in [0.1, 0.15) is 5.69 Å². The van der Waals surface area contributed by atoms with Gasteiger partial charge in [0.25, 0.3) is 0 Å². The molecule has 0 spiro atoms. The summed E-state index contributed by atoms with van der Waals surface area (Å²) in [6.45, 7) is 0. The van der Waals surface area contributed by atoms with E-state index in [1.165, 1.54) is 36.4 Å². The van der Waals surface area contributed by atoms with E-state index in [4.69, 9.17) is 23.2 Å². The Hall–Kier alpha value is -3.35. The summed E-state index contributed by atoms with van der Waals surface area (Å²) in [5, 5.41) is 5.17. The molecule has 0 bridgehead atoms. The van der Waals surface area contributed by atoms with Crippen molar-refractivity contribution in [1.29, 1.82) is 0 Å². The second-order valence-electron chi connectivity index (χ2n) is 7.07. The lowest BCUT2D eigenvalue weighted by molar-refractivity contribution is -0.142. The fourth-order valence-electron chi connectivity index (χ4n) is 3.31. The van der Waals surface area contributed by atoms with E-state index in [0.29, 0.717) is 21.2 Å². The van der Waals surface area contributed by atoms with Crippen molar-refractivity contribution in [3.8, 4) is 16.9 Å². The molecule has 1 aromatic heterocycles. The highest BCUT2D eigenvalue weighted by Gasteiger charge is 2.40. The average Bonchev–Trinajstić information content (AvgIpc) is 3.19. The van der Waals surface area contributed by atoms with Crippen molar-refractivity contribution in [1.82, 2.24) is 9.78 Å². The third-order valence-electron chi connectivity index (χ3n) is 4.84. The van der Waals surface area contributed by atoms with Crippen molar-refractivity contribution in [3.05, 3.63) is 112 Å². The molecular formula is C25H15Cl2F3N2O. The predicted octanol–water partition coefficient (Wildman–Crippen LogP) is 7.76. The number of halogens is 5. The van der Waals surface area contributed by atoms with Crippen molar-refractivity contribution >= 4 is 35.1 Å². The fraction of sp³-hybridized carbons (Fsp3) is 0.0400. The minimum atomic E-state index is -4.74. The van der Waals surface area contributed by atoms with Crippen molar-refractivity contribution in [2.75, 3.05) is 0 Å². The summed E-state index contributed by atoms with van der Waals surface area (Å²) in [6, 6.07) is 20.4. The molecule has 0 aliphatic heterocycles. The zero-order valence-electron chi connectivity index (χ0n) is 16.9. The number of carbonyl (C=O) groups is 1. The monoisotopic (exact) mass is 486 g/mol. The minimum absolute atomic E-state index is 0.0722. The van der Waals surface area contributed by atoms with Crippen LogP contribution in [0.1, 0.15) is 21.6 Å². The number of alkyl halides is 3. The molecule has 0 saturated carbocycles. The smallest absolute Gasteiger partial charge is 0.289 e. The molecule has 4 aromatic rings. The maximum atomic E-state index is 14.3. The van der Waals surface area contributed by atoms with E-state index in [0.717, 1.165) is 16.8 Å². The van der Waals surface area contributed by atoms with Gasteiger partial charge in [-0.3, -0.25) is 4.79 Å². The topological polar surface area (TPSA) is 34.9 Å². The van der Waals surface area contributed by atoms with E-state index < -0.39 is 17.7 Å². The summed E-state index contributed by atoms with van der Waals surface area (Å²) in [6.07, 6.45) is -2.49.